The lowest BCUT2D eigenvalue weighted by Gasteiger charge is -2.24. The smallest absolute Gasteiger partial charge is 0.143 e. The lowest BCUT2D eigenvalue weighted by Crippen LogP contribution is -2.34. The summed E-state index contributed by atoms with van der Waals surface area (Å²) >= 11 is 0. The van der Waals surface area contributed by atoms with Crippen molar-refractivity contribution in [3.05, 3.63) is 30.5 Å². The molecule has 0 bridgehead atoms. The molecule has 15 heavy (non-hydrogen) atoms. The topological polar surface area (TPSA) is 33.1 Å². The Bertz CT molecular complexity index is 500. The van der Waals surface area contributed by atoms with Gasteiger partial charge in [-0.3, -0.25) is 9.47 Å². The minimum atomic E-state index is 0.258. The van der Waals surface area contributed by atoms with Gasteiger partial charge in [0.1, 0.15) is 11.4 Å². The molecule has 0 unspecified atom stereocenters. The van der Waals surface area contributed by atoms with Crippen molar-refractivity contribution in [2.75, 3.05) is 21.1 Å². The van der Waals surface area contributed by atoms with Crippen molar-refractivity contribution in [2.45, 2.75) is 0 Å². The number of quaternary nitrogens is 1. The molecule has 0 saturated carbocycles. The Balaban J connectivity index is 2.77. The third-order valence-corrected chi connectivity index (χ3v) is 2.43. The first-order valence-electron chi connectivity index (χ1n) is 4.88. The van der Waals surface area contributed by atoms with E-state index in [1.54, 1.807) is 18.3 Å². The fourth-order valence-corrected chi connectivity index (χ4v) is 1.71. The fraction of sp³-hybridized carbons (Fsp3) is 0.250. The van der Waals surface area contributed by atoms with Crippen LogP contribution >= 0.6 is 0 Å². The highest BCUT2D eigenvalue weighted by Crippen LogP contribution is 2.28. The van der Waals surface area contributed by atoms with Crippen molar-refractivity contribution in [3.63, 3.8) is 0 Å². The van der Waals surface area contributed by atoms with Crippen LogP contribution in [0, 0.1) is 0 Å². The van der Waals surface area contributed by atoms with Gasteiger partial charge in [0.05, 0.1) is 32.0 Å². The molecule has 2 rings (SSSR count). The highest BCUT2D eigenvalue weighted by atomic mass is 16.3. The normalized spacial score (nSPS) is 11.9. The van der Waals surface area contributed by atoms with Crippen LogP contribution in [0.5, 0.6) is 5.75 Å². The maximum Gasteiger partial charge on any atom is 0.143 e. The third kappa shape index (κ3) is 1.78. The molecule has 2 aromatic rings. The molecule has 0 fully saturated rings. The summed E-state index contributed by atoms with van der Waals surface area (Å²) in [7, 11) is 6.34. The summed E-state index contributed by atoms with van der Waals surface area (Å²) in [4.78, 5) is 4.25. The largest absolute Gasteiger partial charge is 0.508 e. The van der Waals surface area contributed by atoms with E-state index in [4.69, 9.17) is 0 Å². The first-order chi connectivity index (χ1) is 6.98. The van der Waals surface area contributed by atoms with E-state index in [1.807, 2.05) is 12.1 Å². The van der Waals surface area contributed by atoms with Crippen LogP contribution in [0.15, 0.2) is 30.5 Å². The van der Waals surface area contributed by atoms with Crippen LogP contribution < -0.4 is 4.48 Å². The number of phenols is 1. The zero-order chi connectivity index (χ0) is 11.1. The lowest BCUT2D eigenvalue weighted by atomic mass is 10.1. The molecule has 0 aliphatic heterocycles. The number of aromatic nitrogens is 1. The van der Waals surface area contributed by atoms with Gasteiger partial charge < -0.3 is 5.11 Å². The number of nitrogens with zero attached hydrogens (tertiary/aromatic N) is 2. The van der Waals surface area contributed by atoms with Crippen LogP contribution in [0.3, 0.4) is 0 Å². The van der Waals surface area contributed by atoms with E-state index in [9.17, 15) is 5.11 Å². The first-order valence-corrected chi connectivity index (χ1v) is 4.88. The number of fused-ring (bicyclic) bond motifs is 1. The van der Waals surface area contributed by atoms with Gasteiger partial charge in [0.2, 0.25) is 0 Å². The first kappa shape index (κ1) is 9.93. The summed E-state index contributed by atoms with van der Waals surface area (Å²) in [5, 5.41) is 10.5. The SMILES string of the molecule is C[N+](C)(C)c1ccnc2cc(O)ccc12. The number of rotatable bonds is 1. The van der Waals surface area contributed by atoms with E-state index in [1.165, 1.54) is 5.69 Å². The predicted molar refractivity (Wildman–Crippen MR) is 63.0 cm³/mol. The molecule has 3 nitrogen and oxygen atoms in total. The molecule has 1 aromatic heterocycles. The Morgan fingerprint density at radius 2 is 1.87 bits per heavy atom. The molecular weight excluding hydrogens is 188 g/mol. The van der Waals surface area contributed by atoms with Crippen LogP contribution in [0.2, 0.25) is 0 Å². The summed E-state index contributed by atoms with van der Waals surface area (Å²) in [6.45, 7) is 0. The second-order valence-corrected chi connectivity index (χ2v) is 4.54. The van der Waals surface area contributed by atoms with E-state index >= 15 is 0 Å². The fourth-order valence-electron chi connectivity index (χ4n) is 1.71. The van der Waals surface area contributed by atoms with E-state index < -0.39 is 0 Å². The summed E-state index contributed by atoms with van der Waals surface area (Å²) in [6, 6.07) is 7.31. The minimum absolute atomic E-state index is 0.258. The third-order valence-electron chi connectivity index (χ3n) is 2.43. The van der Waals surface area contributed by atoms with Gasteiger partial charge in [0, 0.05) is 18.3 Å². The molecule has 1 heterocycles. The summed E-state index contributed by atoms with van der Waals surface area (Å²) < 4.78 is 0.740. The van der Waals surface area contributed by atoms with Gasteiger partial charge in [-0.15, -0.1) is 0 Å². The summed E-state index contributed by atoms with van der Waals surface area (Å²) in [5.74, 6) is 0.258. The average Bonchev–Trinajstić information content (AvgIpc) is 2.15. The predicted octanol–water partition coefficient (Wildman–Crippen LogP) is 2.14. The quantitative estimate of drug-likeness (QED) is 0.720. The van der Waals surface area contributed by atoms with Gasteiger partial charge in [-0.25, -0.2) is 0 Å². The molecule has 0 aliphatic rings. The Morgan fingerprint density at radius 3 is 2.53 bits per heavy atom. The number of hydrogen-bond donors (Lipinski definition) is 1. The van der Waals surface area contributed by atoms with Crippen molar-refractivity contribution >= 4 is 16.6 Å². The van der Waals surface area contributed by atoms with Gasteiger partial charge in [-0.05, 0) is 12.1 Å². The van der Waals surface area contributed by atoms with Crippen molar-refractivity contribution < 1.29 is 5.11 Å². The molecule has 3 heteroatoms. The molecule has 0 aliphatic carbocycles. The lowest BCUT2D eigenvalue weighted by molar-refractivity contribution is 0.475. The Hall–Kier alpha value is -1.61. The molecule has 0 radical (unpaired) electrons. The maximum atomic E-state index is 9.38. The highest BCUT2D eigenvalue weighted by Gasteiger charge is 2.16. The zero-order valence-corrected chi connectivity index (χ0v) is 9.23. The summed E-state index contributed by atoms with van der Waals surface area (Å²) in [5.41, 5.74) is 2.03. The molecule has 0 amide bonds. The second kappa shape index (κ2) is 3.21. The molecule has 1 aromatic carbocycles. The molecule has 0 spiro atoms. The molecular formula is C12H15N2O+. The second-order valence-electron chi connectivity index (χ2n) is 4.54. The number of benzene rings is 1. The number of hydrogen-bond acceptors (Lipinski definition) is 2. The van der Waals surface area contributed by atoms with E-state index in [-0.39, 0.29) is 5.75 Å². The number of aromatic hydroxyl groups is 1. The van der Waals surface area contributed by atoms with Crippen molar-refractivity contribution in [1.82, 2.24) is 9.47 Å². The Kier molecular flexibility index (Phi) is 2.12. The zero-order valence-electron chi connectivity index (χ0n) is 9.23. The Labute approximate surface area is 89.2 Å². The number of pyridine rings is 1. The van der Waals surface area contributed by atoms with Crippen molar-refractivity contribution in [2.24, 2.45) is 0 Å². The standard InChI is InChI=1S/C12H14N2O/c1-14(2,3)12-6-7-13-11-8-9(15)4-5-10(11)12/h4-8H,1-3H3/p+1. The van der Waals surface area contributed by atoms with Gasteiger partial charge in [0.25, 0.3) is 0 Å². The summed E-state index contributed by atoms with van der Waals surface area (Å²) in [6.07, 6.45) is 1.78. The van der Waals surface area contributed by atoms with Crippen LogP contribution in [0.25, 0.3) is 10.9 Å². The van der Waals surface area contributed by atoms with Gasteiger partial charge in [-0.2, -0.15) is 0 Å². The van der Waals surface area contributed by atoms with Crippen LogP contribution in [0.4, 0.5) is 5.69 Å². The van der Waals surface area contributed by atoms with Crippen LogP contribution in [0.1, 0.15) is 0 Å². The van der Waals surface area contributed by atoms with Gasteiger partial charge in [0.15, 0.2) is 0 Å². The van der Waals surface area contributed by atoms with Crippen LogP contribution in [-0.4, -0.2) is 31.2 Å². The van der Waals surface area contributed by atoms with Gasteiger partial charge in [-0.1, -0.05) is 0 Å². The molecule has 1 N–H and O–H groups in total. The Morgan fingerprint density at radius 1 is 1.13 bits per heavy atom. The minimum Gasteiger partial charge on any atom is -0.508 e. The van der Waals surface area contributed by atoms with E-state index in [0.29, 0.717) is 0 Å². The van der Waals surface area contributed by atoms with Gasteiger partial charge >= 0.3 is 0 Å². The molecule has 0 atom stereocenters. The van der Waals surface area contributed by atoms with E-state index in [2.05, 4.69) is 26.1 Å². The highest BCUT2D eigenvalue weighted by molar-refractivity contribution is 5.91. The molecule has 0 saturated heterocycles. The van der Waals surface area contributed by atoms with Crippen LogP contribution in [-0.2, 0) is 0 Å². The van der Waals surface area contributed by atoms with Crippen molar-refractivity contribution in [1.29, 1.82) is 0 Å². The average molecular weight is 203 g/mol. The van der Waals surface area contributed by atoms with Crippen molar-refractivity contribution in [3.8, 4) is 5.75 Å². The molecule has 78 valence electrons. The number of phenolic OH excluding ortho intramolecular Hbond substituents is 1. The maximum absolute atomic E-state index is 9.38. The monoisotopic (exact) mass is 203 g/mol. The van der Waals surface area contributed by atoms with E-state index in [0.717, 1.165) is 15.4 Å².